The molecule has 1 rings (SSSR count). The van der Waals surface area contributed by atoms with Gasteiger partial charge in [-0.25, -0.2) is 4.39 Å². The number of hydrogen-bond donors (Lipinski definition) is 2. The Morgan fingerprint density at radius 3 is 2.29 bits per heavy atom. The van der Waals surface area contributed by atoms with Gasteiger partial charge in [0.05, 0.1) is 0 Å². The third-order valence-electron chi connectivity index (χ3n) is 1.86. The molecule has 0 aliphatic heterocycles. The second-order valence-electron chi connectivity index (χ2n) is 3.08. The normalized spacial score (nSPS) is 12.8. The van der Waals surface area contributed by atoms with Crippen molar-refractivity contribution in [2.45, 2.75) is 12.4 Å². The van der Waals surface area contributed by atoms with Gasteiger partial charge in [0.15, 0.2) is 11.6 Å². The van der Waals surface area contributed by atoms with E-state index in [4.69, 9.17) is 11.5 Å². The van der Waals surface area contributed by atoms with Gasteiger partial charge >= 0.3 is 6.36 Å². The summed E-state index contributed by atoms with van der Waals surface area (Å²) in [4.78, 5) is 0. The van der Waals surface area contributed by atoms with E-state index in [1.165, 1.54) is 6.07 Å². The van der Waals surface area contributed by atoms with Crippen molar-refractivity contribution in [1.29, 1.82) is 0 Å². The lowest BCUT2D eigenvalue weighted by molar-refractivity contribution is -0.275. The lowest BCUT2D eigenvalue weighted by Gasteiger charge is -2.12. The van der Waals surface area contributed by atoms with E-state index in [0.29, 0.717) is 5.56 Å². The molecule has 1 atom stereocenters. The summed E-state index contributed by atoms with van der Waals surface area (Å²) in [5.74, 6) is -2.01. The minimum atomic E-state index is -4.92. The molecule has 0 saturated heterocycles. The standard InChI is InChI=1S/C9H10F4N2O.ClH/c10-6-3-5(7(15)4-14)1-2-8(6)16-9(11,12)13;/h1-3,7H,4,14-15H2;1H/t7-;/m1./s1. The van der Waals surface area contributed by atoms with E-state index in [1.807, 2.05) is 0 Å². The van der Waals surface area contributed by atoms with Crippen molar-refractivity contribution >= 4 is 12.4 Å². The van der Waals surface area contributed by atoms with Crippen LogP contribution < -0.4 is 16.2 Å². The van der Waals surface area contributed by atoms with Crippen LogP contribution in [0.2, 0.25) is 0 Å². The molecule has 8 heteroatoms. The number of nitrogens with two attached hydrogens (primary N) is 2. The molecule has 0 fully saturated rings. The maximum absolute atomic E-state index is 13.2. The van der Waals surface area contributed by atoms with Crippen LogP contribution in [0.15, 0.2) is 18.2 Å². The largest absolute Gasteiger partial charge is 0.573 e. The fraction of sp³-hybridized carbons (Fsp3) is 0.333. The first-order chi connectivity index (χ1) is 7.33. The van der Waals surface area contributed by atoms with E-state index in [2.05, 4.69) is 4.74 Å². The van der Waals surface area contributed by atoms with Crippen LogP contribution in [-0.4, -0.2) is 12.9 Å². The fourth-order valence-electron chi connectivity index (χ4n) is 1.09. The molecule has 0 amide bonds. The number of halogens is 5. The first-order valence-corrected chi connectivity index (χ1v) is 4.34. The minimum Gasteiger partial charge on any atom is -0.403 e. The Bertz CT molecular complexity index is 373. The molecule has 0 unspecified atom stereocenters. The van der Waals surface area contributed by atoms with Crippen molar-refractivity contribution in [3.63, 3.8) is 0 Å². The predicted octanol–water partition coefficient (Wildman–Crippen LogP) is 2.10. The lowest BCUT2D eigenvalue weighted by atomic mass is 10.1. The van der Waals surface area contributed by atoms with Gasteiger partial charge in [-0.15, -0.1) is 25.6 Å². The van der Waals surface area contributed by atoms with Crippen molar-refractivity contribution in [1.82, 2.24) is 0 Å². The van der Waals surface area contributed by atoms with Gasteiger partial charge in [0.25, 0.3) is 0 Å². The number of rotatable bonds is 3. The summed E-state index contributed by atoms with van der Waals surface area (Å²) < 4.78 is 52.0. The predicted molar refractivity (Wildman–Crippen MR) is 56.3 cm³/mol. The highest BCUT2D eigenvalue weighted by Crippen LogP contribution is 2.27. The SMILES string of the molecule is Cl.NC[C@@H](N)c1ccc(OC(F)(F)F)c(F)c1. The van der Waals surface area contributed by atoms with E-state index in [1.54, 1.807) is 0 Å². The molecule has 0 radical (unpaired) electrons. The topological polar surface area (TPSA) is 61.3 Å². The minimum absolute atomic E-state index is 0. The van der Waals surface area contributed by atoms with Crippen LogP contribution in [0.1, 0.15) is 11.6 Å². The van der Waals surface area contributed by atoms with Gasteiger partial charge in [-0.3, -0.25) is 0 Å². The van der Waals surface area contributed by atoms with Crippen LogP contribution in [0.25, 0.3) is 0 Å². The molecular formula is C9H11ClF4N2O. The van der Waals surface area contributed by atoms with Crippen molar-refractivity contribution in [3.8, 4) is 5.75 Å². The van der Waals surface area contributed by atoms with E-state index in [9.17, 15) is 17.6 Å². The monoisotopic (exact) mass is 274 g/mol. The second-order valence-corrected chi connectivity index (χ2v) is 3.08. The van der Waals surface area contributed by atoms with Crippen LogP contribution in [0.3, 0.4) is 0 Å². The van der Waals surface area contributed by atoms with Crippen molar-refractivity contribution in [2.24, 2.45) is 11.5 Å². The van der Waals surface area contributed by atoms with Crippen LogP contribution in [-0.2, 0) is 0 Å². The van der Waals surface area contributed by atoms with Crippen LogP contribution in [0.4, 0.5) is 17.6 Å². The summed E-state index contributed by atoms with van der Waals surface area (Å²) in [5, 5.41) is 0. The first kappa shape index (κ1) is 16.0. The van der Waals surface area contributed by atoms with Gasteiger partial charge in [0.1, 0.15) is 0 Å². The van der Waals surface area contributed by atoms with Crippen molar-refractivity contribution in [2.75, 3.05) is 6.54 Å². The molecular weight excluding hydrogens is 264 g/mol. The van der Waals surface area contributed by atoms with Gasteiger partial charge in [-0.05, 0) is 17.7 Å². The summed E-state index contributed by atoms with van der Waals surface area (Å²) in [6.45, 7) is 0.0684. The second kappa shape index (κ2) is 6.04. The average molecular weight is 275 g/mol. The molecule has 0 aliphatic rings. The summed E-state index contributed by atoms with van der Waals surface area (Å²) >= 11 is 0. The first-order valence-electron chi connectivity index (χ1n) is 4.34. The number of hydrogen-bond acceptors (Lipinski definition) is 3. The Morgan fingerprint density at radius 2 is 1.88 bits per heavy atom. The summed E-state index contributed by atoms with van der Waals surface area (Å²) in [7, 11) is 0. The molecule has 4 N–H and O–H groups in total. The van der Waals surface area contributed by atoms with E-state index in [-0.39, 0.29) is 19.0 Å². The van der Waals surface area contributed by atoms with Gasteiger partial charge in [-0.2, -0.15) is 0 Å². The molecule has 0 spiro atoms. The average Bonchev–Trinajstić information content (AvgIpc) is 2.18. The van der Waals surface area contributed by atoms with E-state index >= 15 is 0 Å². The maximum Gasteiger partial charge on any atom is 0.573 e. The third kappa shape index (κ3) is 4.76. The number of benzene rings is 1. The third-order valence-corrected chi connectivity index (χ3v) is 1.86. The zero-order chi connectivity index (χ0) is 12.3. The Balaban J connectivity index is 0.00000256. The van der Waals surface area contributed by atoms with E-state index in [0.717, 1.165) is 12.1 Å². The highest BCUT2D eigenvalue weighted by atomic mass is 35.5. The maximum atomic E-state index is 13.2. The molecule has 0 saturated carbocycles. The molecule has 0 aromatic heterocycles. The van der Waals surface area contributed by atoms with Gasteiger partial charge in [-0.1, -0.05) is 6.07 Å². The highest BCUT2D eigenvalue weighted by molar-refractivity contribution is 5.85. The highest BCUT2D eigenvalue weighted by Gasteiger charge is 2.32. The molecule has 0 heterocycles. The summed E-state index contributed by atoms with van der Waals surface area (Å²) in [6, 6.07) is 2.36. The molecule has 1 aromatic carbocycles. The Kier molecular flexibility index (Phi) is 5.67. The van der Waals surface area contributed by atoms with Crippen LogP contribution >= 0.6 is 12.4 Å². The molecule has 0 bridgehead atoms. The molecule has 3 nitrogen and oxygen atoms in total. The van der Waals surface area contributed by atoms with Gasteiger partial charge in [0.2, 0.25) is 0 Å². The van der Waals surface area contributed by atoms with Gasteiger partial charge < -0.3 is 16.2 Å². The Hall–Kier alpha value is -1.05. The summed E-state index contributed by atoms with van der Waals surface area (Å²) in [5.41, 5.74) is 11.0. The van der Waals surface area contributed by atoms with Crippen molar-refractivity contribution in [3.05, 3.63) is 29.6 Å². The molecule has 1 aromatic rings. The summed E-state index contributed by atoms with van der Waals surface area (Å²) in [6.07, 6.45) is -4.92. The fourth-order valence-corrected chi connectivity index (χ4v) is 1.09. The molecule has 17 heavy (non-hydrogen) atoms. The lowest BCUT2D eigenvalue weighted by Crippen LogP contribution is -2.21. The van der Waals surface area contributed by atoms with Gasteiger partial charge in [0, 0.05) is 12.6 Å². The van der Waals surface area contributed by atoms with Crippen LogP contribution in [0, 0.1) is 5.82 Å². The molecule has 0 aliphatic carbocycles. The smallest absolute Gasteiger partial charge is 0.403 e. The molecule has 98 valence electrons. The van der Waals surface area contributed by atoms with E-state index < -0.39 is 24.0 Å². The van der Waals surface area contributed by atoms with Crippen molar-refractivity contribution < 1.29 is 22.3 Å². The Morgan fingerprint density at radius 1 is 1.29 bits per heavy atom. The number of ether oxygens (including phenoxy) is 1. The zero-order valence-corrected chi connectivity index (χ0v) is 9.32. The quantitative estimate of drug-likeness (QED) is 0.830. The Labute approximate surface area is 101 Å². The zero-order valence-electron chi connectivity index (χ0n) is 8.50. The van der Waals surface area contributed by atoms with Crippen LogP contribution in [0.5, 0.6) is 5.75 Å². The number of alkyl halides is 3.